The van der Waals surface area contributed by atoms with Crippen molar-refractivity contribution in [2.75, 3.05) is 14.1 Å². The minimum Gasteiger partial charge on any atom is -0.391 e. The van der Waals surface area contributed by atoms with Gasteiger partial charge >= 0.3 is 0 Å². The van der Waals surface area contributed by atoms with Crippen LogP contribution < -0.4 is 0 Å². The van der Waals surface area contributed by atoms with Crippen molar-refractivity contribution < 1.29 is 5.11 Å². The summed E-state index contributed by atoms with van der Waals surface area (Å²) in [5.74, 6) is 0. The molecular formula is C8H16NO. The molecule has 2 atom stereocenters. The summed E-state index contributed by atoms with van der Waals surface area (Å²) in [5.41, 5.74) is 0. The van der Waals surface area contributed by atoms with E-state index in [-0.39, 0.29) is 6.10 Å². The molecule has 0 saturated heterocycles. The third-order valence-corrected chi connectivity index (χ3v) is 2.18. The van der Waals surface area contributed by atoms with Gasteiger partial charge in [0.2, 0.25) is 0 Å². The van der Waals surface area contributed by atoms with Crippen LogP contribution in [0.5, 0.6) is 0 Å². The molecule has 0 heterocycles. The molecule has 0 spiro atoms. The average Bonchev–Trinajstić information content (AvgIpc) is 1.88. The van der Waals surface area contributed by atoms with Gasteiger partial charge in [-0.25, -0.2) is 0 Å². The Balaban J connectivity index is 2.40. The van der Waals surface area contributed by atoms with E-state index in [1.54, 1.807) is 0 Å². The molecule has 1 aliphatic carbocycles. The van der Waals surface area contributed by atoms with Crippen molar-refractivity contribution in [3.63, 3.8) is 0 Å². The topological polar surface area (TPSA) is 23.5 Å². The van der Waals surface area contributed by atoms with E-state index in [1.165, 1.54) is 0 Å². The molecule has 0 bridgehead atoms. The van der Waals surface area contributed by atoms with Crippen LogP contribution in [-0.4, -0.2) is 36.2 Å². The number of hydrogen-bond acceptors (Lipinski definition) is 2. The molecule has 0 aromatic rings. The van der Waals surface area contributed by atoms with Crippen molar-refractivity contribution in [2.45, 2.75) is 31.4 Å². The van der Waals surface area contributed by atoms with Crippen LogP contribution in [0.3, 0.4) is 0 Å². The number of likely N-dealkylation sites (N-methyl/N-ethyl adjacent to an activating group) is 1. The van der Waals surface area contributed by atoms with Crippen molar-refractivity contribution in [3.05, 3.63) is 6.42 Å². The van der Waals surface area contributed by atoms with Gasteiger partial charge in [-0.3, -0.25) is 0 Å². The standard InChI is InChI=1S/C8H16NO/c1-9(2)7-5-3-4-6-8(7)10/h4,7-8,10H,3,5-6H2,1-2H3. The summed E-state index contributed by atoms with van der Waals surface area (Å²) in [6.07, 6.45) is 5.16. The molecule has 1 N–H and O–H groups in total. The molecule has 10 heavy (non-hydrogen) atoms. The van der Waals surface area contributed by atoms with Crippen LogP contribution >= 0.6 is 0 Å². The lowest BCUT2D eigenvalue weighted by Gasteiger charge is -2.32. The fourth-order valence-corrected chi connectivity index (χ4v) is 1.53. The van der Waals surface area contributed by atoms with Gasteiger partial charge in [0.1, 0.15) is 0 Å². The quantitative estimate of drug-likeness (QED) is 0.581. The Labute approximate surface area is 62.8 Å². The van der Waals surface area contributed by atoms with Gasteiger partial charge < -0.3 is 10.0 Å². The highest BCUT2D eigenvalue weighted by molar-refractivity contribution is 4.87. The average molecular weight is 142 g/mol. The Kier molecular flexibility index (Phi) is 2.69. The Bertz CT molecular complexity index is 103. The van der Waals surface area contributed by atoms with Gasteiger partial charge in [0.05, 0.1) is 6.10 Å². The van der Waals surface area contributed by atoms with E-state index >= 15 is 0 Å². The van der Waals surface area contributed by atoms with Crippen molar-refractivity contribution in [3.8, 4) is 0 Å². The highest BCUT2D eigenvalue weighted by Gasteiger charge is 2.24. The van der Waals surface area contributed by atoms with E-state index in [0.29, 0.717) is 6.04 Å². The summed E-state index contributed by atoms with van der Waals surface area (Å²) in [6, 6.07) is 0.380. The molecule has 1 saturated carbocycles. The zero-order valence-electron chi connectivity index (χ0n) is 6.75. The summed E-state index contributed by atoms with van der Waals surface area (Å²) < 4.78 is 0. The Hall–Kier alpha value is -0.0800. The Morgan fingerprint density at radius 2 is 2.20 bits per heavy atom. The molecule has 1 fully saturated rings. The van der Waals surface area contributed by atoms with Crippen LogP contribution in [-0.2, 0) is 0 Å². The second kappa shape index (κ2) is 3.35. The third-order valence-electron chi connectivity index (χ3n) is 2.18. The van der Waals surface area contributed by atoms with E-state index in [0.717, 1.165) is 19.3 Å². The maximum Gasteiger partial charge on any atom is 0.0697 e. The minimum absolute atomic E-state index is 0.135. The summed E-state index contributed by atoms with van der Waals surface area (Å²) in [4.78, 5) is 2.11. The summed E-state index contributed by atoms with van der Waals surface area (Å²) in [5, 5.41) is 9.47. The zero-order chi connectivity index (χ0) is 7.56. The summed E-state index contributed by atoms with van der Waals surface area (Å²) in [7, 11) is 4.05. The molecule has 2 unspecified atom stereocenters. The third kappa shape index (κ3) is 1.70. The first kappa shape index (κ1) is 8.02. The van der Waals surface area contributed by atoms with E-state index in [9.17, 15) is 5.11 Å². The van der Waals surface area contributed by atoms with Crippen molar-refractivity contribution in [2.24, 2.45) is 0 Å². The van der Waals surface area contributed by atoms with Gasteiger partial charge in [-0.2, -0.15) is 0 Å². The van der Waals surface area contributed by atoms with Gasteiger partial charge in [0.15, 0.2) is 0 Å². The predicted molar refractivity (Wildman–Crippen MR) is 41.6 cm³/mol. The predicted octanol–water partition coefficient (Wildman–Crippen LogP) is 0.666. The SMILES string of the molecule is CN(C)C1CC[CH]CC1O. The molecule has 1 radical (unpaired) electrons. The maximum absolute atomic E-state index is 9.47. The molecule has 0 aromatic heterocycles. The molecule has 0 amide bonds. The first-order chi connectivity index (χ1) is 4.72. The van der Waals surface area contributed by atoms with Crippen molar-refractivity contribution in [1.29, 1.82) is 0 Å². The minimum atomic E-state index is -0.135. The largest absolute Gasteiger partial charge is 0.391 e. The highest BCUT2D eigenvalue weighted by atomic mass is 16.3. The van der Waals surface area contributed by atoms with Crippen LogP contribution in [0.15, 0.2) is 0 Å². The molecule has 1 rings (SSSR count). The number of rotatable bonds is 1. The van der Waals surface area contributed by atoms with Gasteiger partial charge in [-0.15, -0.1) is 0 Å². The normalized spacial score (nSPS) is 34.8. The van der Waals surface area contributed by atoms with Crippen molar-refractivity contribution >= 4 is 0 Å². The van der Waals surface area contributed by atoms with Crippen LogP contribution in [0.1, 0.15) is 19.3 Å². The summed E-state index contributed by atoms with van der Waals surface area (Å²) >= 11 is 0. The lowest BCUT2D eigenvalue weighted by Crippen LogP contribution is -2.41. The number of aliphatic hydroxyl groups excluding tert-OH is 1. The molecule has 0 aliphatic heterocycles. The zero-order valence-corrected chi connectivity index (χ0v) is 6.75. The first-order valence-electron chi connectivity index (χ1n) is 3.88. The lowest BCUT2D eigenvalue weighted by molar-refractivity contribution is 0.0574. The number of aliphatic hydroxyl groups is 1. The highest BCUT2D eigenvalue weighted by Crippen LogP contribution is 2.20. The van der Waals surface area contributed by atoms with E-state index < -0.39 is 0 Å². The number of nitrogens with zero attached hydrogens (tertiary/aromatic N) is 1. The monoisotopic (exact) mass is 142 g/mol. The van der Waals surface area contributed by atoms with Crippen LogP contribution in [0.2, 0.25) is 0 Å². The molecule has 1 aliphatic rings. The second-order valence-electron chi connectivity index (χ2n) is 3.20. The van der Waals surface area contributed by atoms with Crippen molar-refractivity contribution in [1.82, 2.24) is 4.90 Å². The maximum atomic E-state index is 9.47. The van der Waals surface area contributed by atoms with E-state index in [1.807, 2.05) is 14.1 Å². The smallest absolute Gasteiger partial charge is 0.0697 e. The van der Waals surface area contributed by atoms with Crippen LogP contribution in [0, 0.1) is 6.42 Å². The Morgan fingerprint density at radius 1 is 1.50 bits per heavy atom. The summed E-state index contributed by atoms with van der Waals surface area (Å²) in [6.45, 7) is 0. The molecule has 2 heteroatoms. The number of hydrogen-bond donors (Lipinski definition) is 1. The van der Waals surface area contributed by atoms with Gasteiger partial charge in [0.25, 0.3) is 0 Å². The van der Waals surface area contributed by atoms with Crippen LogP contribution in [0.25, 0.3) is 0 Å². The van der Waals surface area contributed by atoms with Gasteiger partial charge in [0, 0.05) is 6.04 Å². The molecule has 59 valence electrons. The van der Waals surface area contributed by atoms with E-state index in [4.69, 9.17) is 0 Å². The molecule has 2 nitrogen and oxygen atoms in total. The van der Waals surface area contributed by atoms with Crippen LogP contribution in [0.4, 0.5) is 0 Å². The molecular weight excluding hydrogens is 126 g/mol. The fraction of sp³-hybridized carbons (Fsp3) is 0.875. The lowest BCUT2D eigenvalue weighted by atomic mass is 9.92. The first-order valence-corrected chi connectivity index (χ1v) is 3.88. The molecule has 0 aromatic carbocycles. The fourth-order valence-electron chi connectivity index (χ4n) is 1.53. The second-order valence-corrected chi connectivity index (χ2v) is 3.20. The van der Waals surface area contributed by atoms with E-state index in [2.05, 4.69) is 11.3 Å². The Morgan fingerprint density at radius 3 is 2.60 bits per heavy atom. The van der Waals surface area contributed by atoms with Gasteiger partial charge in [-0.1, -0.05) is 0 Å². The van der Waals surface area contributed by atoms with Gasteiger partial charge in [-0.05, 0) is 39.8 Å².